The lowest BCUT2D eigenvalue weighted by atomic mass is 10.00. The number of alkyl halides is 1. The maximum absolute atomic E-state index is 14.5. The van der Waals surface area contributed by atoms with Crippen LogP contribution in [-0.2, 0) is 14.3 Å². The van der Waals surface area contributed by atoms with Crippen molar-refractivity contribution in [1.29, 1.82) is 0 Å². The van der Waals surface area contributed by atoms with Crippen LogP contribution in [0, 0.1) is 0 Å². The molecule has 23 heavy (non-hydrogen) atoms. The lowest BCUT2D eigenvalue weighted by Gasteiger charge is -2.24. The Morgan fingerprint density at radius 1 is 1.35 bits per heavy atom. The number of rotatable bonds is 6. The molecule has 1 amide bonds. The highest BCUT2D eigenvalue weighted by Gasteiger charge is 2.42. The first-order chi connectivity index (χ1) is 10.9. The van der Waals surface area contributed by atoms with Gasteiger partial charge < -0.3 is 15.4 Å². The van der Waals surface area contributed by atoms with E-state index in [0.717, 1.165) is 5.56 Å². The van der Waals surface area contributed by atoms with Crippen LogP contribution >= 0.6 is 0 Å². The maximum atomic E-state index is 14.5. The smallest absolute Gasteiger partial charge is 0.308 e. The summed E-state index contributed by atoms with van der Waals surface area (Å²) in [7, 11) is 0. The van der Waals surface area contributed by atoms with Crippen molar-refractivity contribution in [3.63, 3.8) is 0 Å². The van der Waals surface area contributed by atoms with Gasteiger partial charge in [-0.05, 0) is 26.0 Å². The van der Waals surface area contributed by atoms with Crippen LogP contribution in [0.3, 0.4) is 0 Å². The van der Waals surface area contributed by atoms with Crippen molar-refractivity contribution in [2.24, 2.45) is 0 Å². The summed E-state index contributed by atoms with van der Waals surface area (Å²) in [6, 6.07) is 8.45. The first-order valence-corrected chi connectivity index (χ1v) is 7.86. The number of amides is 1. The predicted octanol–water partition coefficient (Wildman–Crippen LogP) is 1.89. The van der Waals surface area contributed by atoms with Gasteiger partial charge in [0.25, 0.3) is 5.91 Å². The molecule has 2 rings (SSSR count). The standard InChI is InChI=1S/C17H23FN2O3/c1-12(2)23-15(21)10-14(13-6-4-3-5-7-13)20-16(22)17(18)8-9-19-11-17/h3-7,12,14,19H,8-11H2,1-2H3,(H,20,22)/t14-,17+/m0/s1. The molecule has 2 N–H and O–H groups in total. The zero-order chi connectivity index (χ0) is 16.9. The highest BCUT2D eigenvalue weighted by atomic mass is 19.1. The predicted molar refractivity (Wildman–Crippen MR) is 84.5 cm³/mol. The van der Waals surface area contributed by atoms with E-state index in [4.69, 9.17) is 4.74 Å². The average molecular weight is 322 g/mol. The van der Waals surface area contributed by atoms with Crippen molar-refractivity contribution in [1.82, 2.24) is 10.6 Å². The number of halogens is 1. The number of hydrogen-bond acceptors (Lipinski definition) is 4. The molecule has 0 bridgehead atoms. The normalized spacial score (nSPS) is 21.9. The lowest BCUT2D eigenvalue weighted by Crippen LogP contribution is -2.46. The number of nitrogens with one attached hydrogen (secondary N) is 2. The maximum Gasteiger partial charge on any atom is 0.308 e. The van der Waals surface area contributed by atoms with Gasteiger partial charge in [-0.3, -0.25) is 9.59 Å². The second kappa shape index (κ2) is 7.55. The van der Waals surface area contributed by atoms with Gasteiger partial charge in [0, 0.05) is 13.0 Å². The molecular weight excluding hydrogens is 299 g/mol. The van der Waals surface area contributed by atoms with Gasteiger partial charge in [-0.15, -0.1) is 0 Å². The van der Waals surface area contributed by atoms with Gasteiger partial charge in [-0.2, -0.15) is 0 Å². The molecule has 5 nitrogen and oxygen atoms in total. The fraction of sp³-hybridized carbons (Fsp3) is 0.529. The summed E-state index contributed by atoms with van der Waals surface area (Å²) in [5.41, 5.74) is -1.18. The van der Waals surface area contributed by atoms with E-state index in [0.29, 0.717) is 6.54 Å². The molecule has 1 aliphatic rings. The van der Waals surface area contributed by atoms with Crippen molar-refractivity contribution in [2.45, 2.75) is 44.5 Å². The minimum Gasteiger partial charge on any atom is -0.463 e. The van der Waals surface area contributed by atoms with Gasteiger partial charge in [0.1, 0.15) is 0 Å². The molecule has 0 aliphatic carbocycles. The summed E-state index contributed by atoms with van der Waals surface area (Å²) in [6.07, 6.45) is -0.130. The van der Waals surface area contributed by atoms with E-state index >= 15 is 0 Å². The SMILES string of the molecule is CC(C)OC(=O)C[C@H](NC(=O)[C@@]1(F)CCNC1)c1ccccc1. The Bertz CT molecular complexity index is 542. The van der Waals surface area contributed by atoms with Crippen LogP contribution in [0.5, 0.6) is 0 Å². The van der Waals surface area contributed by atoms with Crippen LogP contribution in [0.4, 0.5) is 4.39 Å². The van der Waals surface area contributed by atoms with Crippen LogP contribution in [0.15, 0.2) is 30.3 Å². The van der Waals surface area contributed by atoms with Gasteiger partial charge in [-0.25, -0.2) is 4.39 Å². The van der Waals surface area contributed by atoms with Gasteiger partial charge >= 0.3 is 5.97 Å². The van der Waals surface area contributed by atoms with Gasteiger partial charge in [0.2, 0.25) is 5.67 Å². The molecule has 1 fully saturated rings. The molecule has 0 spiro atoms. The zero-order valence-electron chi connectivity index (χ0n) is 13.5. The number of carbonyl (C=O) groups excluding carboxylic acids is 2. The summed E-state index contributed by atoms with van der Waals surface area (Å²) in [6.45, 7) is 3.98. The molecule has 1 aromatic carbocycles. The Morgan fingerprint density at radius 2 is 2.04 bits per heavy atom. The van der Waals surface area contributed by atoms with E-state index in [1.807, 2.05) is 18.2 Å². The molecule has 1 heterocycles. The highest BCUT2D eigenvalue weighted by Crippen LogP contribution is 2.24. The second-order valence-corrected chi connectivity index (χ2v) is 6.07. The first kappa shape index (κ1) is 17.4. The minimum absolute atomic E-state index is 0.00319. The van der Waals surface area contributed by atoms with E-state index in [1.54, 1.807) is 26.0 Å². The molecular formula is C17H23FN2O3. The molecule has 126 valence electrons. The molecule has 6 heteroatoms. The van der Waals surface area contributed by atoms with E-state index in [1.165, 1.54) is 0 Å². The first-order valence-electron chi connectivity index (χ1n) is 7.86. The minimum atomic E-state index is -1.92. The Balaban J connectivity index is 2.10. The van der Waals surface area contributed by atoms with Crippen LogP contribution in [0.25, 0.3) is 0 Å². The Hall–Kier alpha value is -1.95. The van der Waals surface area contributed by atoms with E-state index in [2.05, 4.69) is 10.6 Å². The summed E-state index contributed by atoms with van der Waals surface area (Å²) in [5.74, 6) is -1.11. The number of esters is 1. The average Bonchev–Trinajstić information content (AvgIpc) is 2.95. The van der Waals surface area contributed by atoms with Crippen LogP contribution in [0.1, 0.15) is 38.3 Å². The van der Waals surface area contributed by atoms with E-state index in [9.17, 15) is 14.0 Å². The fourth-order valence-electron chi connectivity index (χ4n) is 2.56. The fourth-order valence-corrected chi connectivity index (χ4v) is 2.56. The third-order valence-electron chi connectivity index (χ3n) is 3.76. The molecule has 1 saturated heterocycles. The Morgan fingerprint density at radius 3 is 2.61 bits per heavy atom. The van der Waals surface area contributed by atoms with Crippen molar-refractivity contribution >= 4 is 11.9 Å². The largest absolute Gasteiger partial charge is 0.463 e. The van der Waals surface area contributed by atoms with E-state index in [-0.39, 0.29) is 25.5 Å². The molecule has 1 aliphatic heterocycles. The van der Waals surface area contributed by atoms with Gasteiger partial charge in [0.15, 0.2) is 0 Å². The molecule has 0 saturated carbocycles. The highest BCUT2D eigenvalue weighted by molar-refractivity contribution is 5.86. The van der Waals surface area contributed by atoms with Crippen molar-refractivity contribution in [2.75, 3.05) is 13.1 Å². The quantitative estimate of drug-likeness (QED) is 0.785. The number of benzene rings is 1. The number of ether oxygens (including phenoxy) is 1. The van der Waals surface area contributed by atoms with Crippen LogP contribution < -0.4 is 10.6 Å². The third-order valence-corrected chi connectivity index (χ3v) is 3.76. The molecule has 0 radical (unpaired) electrons. The molecule has 1 aromatic rings. The van der Waals surface area contributed by atoms with Crippen LogP contribution in [-0.4, -0.2) is 36.7 Å². The monoisotopic (exact) mass is 322 g/mol. The Kier molecular flexibility index (Phi) is 5.71. The van der Waals surface area contributed by atoms with Crippen molar-refractivity contribution in [3.8, 4) is 0 Å². The number of carbonyl (C=O) groups is 2. The second-order valence-electron chi connectivity index (χ2n) is 6.07. The topological polar surface area (TPSA) is 67.4 Å². The molecule has 0 aromatic heterocycles. The van der Waals surface area contributed by atoms with Gasteiger partial charge in [-0.1, -0.05) is 30.3 Å². The molecule has 2 atom stereocenters. The summed E-state index contributed by atoms with van der Waals surface area (Å²) < 4.78 is 19.7. The summed E-state index contributed by atoms with van der Waals surface area (Å²) in [5, 5.41) is 5.51. The third kappa shape index (κ3) is 4.76. The van der Waals surface area contributed by atoms with Crippen molar-refractivity contribution < 1.29 is 18.7 Å². The van der Waals surface area contributed by atoms with Crippen LogP contribution in [0.2, 0.25) is 0 Å². The molecule has 0 unspecified atom stereocenters. The Labute approximate surface area is 135 Å². The number of hydrogen-bond donors (Lipinski definition) is 2. The van der Waals surface area contributed by atoms with E-state index < -0.39 is 23.6 Å². The van der Waals surface area contributed by atoms with Crippen molar-refractivity contribution in [3.05, 3.63) is 35.9 Å². The van der Waals surface area contributed by atoms with Gasteiger partial charge in [0.05, 0.1) is 18.6 Å². The summed E-state index contributed by atoms with van der Waals surface area (Å²) in [4.78, 5) is 24.2. The zero-order valence-corrected chi connectivity index (χ0v) is 13.5. The summed E-state index contributed by atoms with van der Waals surface area (Å²) >= 11 is 0. The lowest BCUT2D eigenvalue weighted by molar-refractivity contribution is -0.148.